The molecule has 1 heterocycles. The molecule has 72 valence electrons. The Morgan fingerprint density at radius 3 is 2.85 bits per heavy atom. The fraction of sp³-hybridized carbons (Fsp3) is 0.500. The van der Waals surface area contributed by atoms with Gasteiger partial charge < -0.3 is 10.7 Å². The zero-order valence-corrected chi connectivity index (χ0v) is 8.57. The number of nitrogens with two attached hydrogens (primary N) is 1. The maximum absolute atomic E-state index is 11.0. The smallest absolute Gasteiger partial charge is 0.326 e. The molecule has 3 N–H and O–H groups in total. The summed E-state index contributed by atoms with van der Waals surface area (Å²) in [6.07, 6.45) is 0. The molecule has 0 aliphatic heterocycles. The van der Waals surface area contributed by atoms with E-state index in [1.165, 1.54) is 0 Å². The van der Waals surface area contributed by atoms with Crippen LogP contribution in [0.4, 0.5) is 0 Å². The largest absolute Gasteiger partial charge is 0.346 e. The molecule has 1 aromatic rings. The Balaban J connectivity index is 3.21. The molecule has 5 heteroatoms. The summed E-state index contributed by atoms with van der Waals surface area (Å²) in [5, 5.41) is 0.756. The second-order valence-electron chi connectivity index (χ2n) is 2.59. The summed E-state index contributed by atoms with van der Waals surface area (Å²) in [4.78, 5) is 17.5. The Hall–Kier alpha value is -0.810. The van der Waals surface area contributed by atoms with E-state index in [-0.39, 0.29) is 5.69 Å². The van der Waals surface area contributed by atoms with Crippen molar-refractivity contribution >= 4 is 11.8 Å². The third-order valence-electron chi connectivity index (χ3n) is 1.69. The van der Waals surface area contributed by atoms with Crippen molar-refractivity contribution < 1.29 is 0 Å². The number of hydrogen-bond acceptors (Lipinski definition) is 4. The molecule has 0 bridgehead atoms. The van der Waals surface area contributed by atoms with Gasteiger partial charge in [0.25, 0.3) is 0 Å². The van der Waals surface area contributed by atoms with Gasteiger partial charge >= 0.3 is 5.69 Å². The zero-order chi connectivity index (χ0) is 9.84. The van der Waals surface area contributed by atoms with Crippen LogP contribution in [0.25, 0.3) is 0 Å². The van der Waals surface area contributed by atoms with Gasteiger partial charge in [0, 0.05) is 17.8 Å². The predicted octanol–water partition coefficient (Wildman–Crippen LogP) is 0.649. The Labute approximate surface area is 81.0 Å². The lowest BCUT2D eigenvalue weighted by Crippen LogP contribution is -2.17. The highest BCUT2D eigenvalue weighted by atomic mass is 32.2. The zero-order valence-electron chi connectivity index (χ0n) is 7.76. The first-order chi connectivity index (χ1) is 6.19. The summed E-state index contributed by atoms with van der Waals surface area (Å²) in [6, 6.07) is 0. The number of H-pyrrole nitrogens is 1. The molecule has 4 nitrogen and oxygen atoms in total. The number of thioether (sulfide) groups is 1. The third kappa shape index (κ3) is 2.32. The fourth-order valence-electron chi connectivity index (χ4n) is 1.08. The van der Waals surface area contributed by atoms with Crippen LogP contribution in [0.5, 0.6) is 0 Å². The molecule has 0 fully saturated rings. The van der Waals surface area contributed by atoms with E-state index < -0.39 is 0 Å². The highest BCUT2D eigenvalue weighted by Gasteiger charge is 2.07. The SMILES string of the molecule is CCSc1nc(=O)[nH]c(C)c1CN. The third-order valence-corrected chi connectivity index (χ3v) is 2.59. The van der Waals surface area contributed by atoms with Crippen molar-refractivity contribution in [1.29, 1.82) is 0 Å². The van der Waals surface area contributed by atoms with Crippen molar-refractivity contribution in [2.24, 2.45) is 5.73 Å². The average Bonchev–Trinajstić information content (AvgIpc) is 2.04. The van der Waals surface area contributed by atoms with Gasteiger partial charge in [-0.25, -0.2) is 4.79 Å². The monoisotopic (exact) mass is 199 g/mol. The summed E-state index contributed by atoms with van der Waals surface area (Å²) in [5.74, 6) is 0.892. The van der Waals surface area contributed by atoms with Gasteiger partial charge in [-0.1, -0.05) is 6.92 Å². The molecule has 0 radical (unpaired) electrons. The first-order valence-corrected chi connectivity index (χ1v) is 5.10. The van der Waals surface area contributed by atoms with Gasteiger partial charge in [0.05, 0.1) is 0 Å². The molecule has 0 atom stereocenters. The Bertz CT molecular complexity index is 348. The van der Waals surface area contributed by atoms with Crippen LogP contribution in [0.2, 0.25) is 0 Å². The van der Waals surface area contributed by atoms with Gasteiger partial charge in [-0.3, -0.25) is 0 Å². The van der Waals surface area contributed by atoms with Crippen LogP contribution in [-0.4, -0.2) is 15.7 Å². The fourth-order valence-corrected chi connectivity index (χ4v) is 1.91. The number of aromatic amines is 1. The number of rotatable bonds is 3. The lowest BCUT2D eigenvalue weighted by Gasteiger charge is -2.06. The highest BCUT2D eigenvalue weighted by Crippen LogP contribution is 2.19. The Morgan fingerprint density at radius 1 is 1.62 bits per heavy atom. The molecule has 0 aromatic carbocycles. The number of hydrogen-bond donors (Lipinski definition) is 2. The van der Waals surface area contributed by atoms with Crippen molar-refractivity contribution in [3.63, 3.8) is 0 Å². The van der Waals surface area contributed by atoms with Crippen LogP contribution in [-0.2, 0) is 6.54 Å². The van der Waals surface area contributed by atoms with Crippen molar-refractivity contribution in [3.05, 3.63) is 21.7 Å². The summed E-state index contributed by atoms with van der Waals surface area (Å²) in [5.41, 5.74) is 7.01. The van der Waals surface area contributed by atoms with Crippen molar-refractivity contribution in [2.45, 2.75) is 25.4 Å². The normalized spacial score (nSPS) is 10.4. The molecule has 0 aliphatic rings. The number of nitrogens with zero attached hydrogens (tertiary/aromatic N) is 1. The predicted molar refractivity (Wildman–Crippen MR) is 53.9 cm³/mol. The van der Waals surface area contributed by atoms with E-state index in [4.69, 9.17) is 5.73 Å². The van der Waals surface area contributed by atoms with Gasteiger partial charge in [0.15, 0.2) is 0 Å². The Morgan fingerprint density at radius 2 is 2.31 bits per heavy atom. The van der Waals surface area contributed by atoms with E-state index in [0.717, 1.165) is 22.0 Å². The van der Waals surface area contributed by atoms with E-state index in [0.29, 0.717) is 6.54 Å². The number of aryl methyl sites for hydroxylation is 1. The molecule has 0 saturated carbocycles. The molecule has 13 heavy (non-hydrogen) atoms. The topological polar surface area (TPSA) is 71.8 Å². The molecule has 1 rings (SSSR count). The minimum atomic E-state index is -0.300. The molecule has 0 amide bonds. The summed E-state index contributed by atoms with van der Waals surface area (Å²) in [7, 11) is 0. The molecule has 0 spiro atoms. The van der Waals surface area contributed by atoms with Crippen molar-refractivity contribution in [2.75, 3.05) is 5.75 Å². The molecular weight excluding hydrogens is 186 g/mol. The van der Waals surface area contributed by atoms with Crippen LogP contribution in [0.1, 0.15) is 18.2 Å². The quantitative estimate of drug-likeness (QED) is 0.554. The lowest BCUT2D eigenvalue weighted by atomic mass is 10.2. The highest BCUT2D eigenvalue weighted by molar-refractivity contribution is 7.99. The lowest BCUT2D eigenvalue weighted by molar-refractivity contribution is 0.859. The minimum Gasteiger partial charge on any atom is -0.326 e. The van der Waals surface area contributed by atoms with E-state index >= 15 is 0 Å². The van der Waals surface area contributed by atoms with Gasteiger partial charge in [0.1, 0.15) is 5.03 Å². The van der Waals surface area contributed by atoms with Crippen molar-refractivity contribution in [3.8, 4) is 0 Å². The van der Waals surface area contributed by atoms with E-state index in [1.54, 1.807) is 11.8 Å². The van der Waals surface area contributed by atoms with Gasteiger partial charge in [-0.2, -0.15) is 4.98 Å². The second-order valence-corrected chi connectivity index (χ2v) is 3.84. The minimum absolute atomic E-state index is 0.300. The summed E-state index contributed by atoms with van der Waals surface area (Å²) >= 11 is 1.54. The summed E-state index contributed by atoms with van der Waals surface area (Å²) in [6.45, 7) is 4.27. The molecule has 0 unspecified atom stereocenters. The van der Waals surface area contributed by atoms with Gasteiger partial charge in [-0.05, 0) is 12.7 Å². The van der Waals surface area contributed by atoms with E-state index in [1.807, 2.05) is 13.8 Å². The number of nitrogens with one attached hydrogen (secondary N) is 1. The number of aromatic nitrogens is 2. The van der Waals surface area contributed by atoms with Crippen LogP contribution in [0, 0.1) is 6.92 Å². The van der Waals surface area contributed by atoms with Crippen LogP contribution < -0.4 is 11.4 Å². The van der Waals surface area contributed by atoms with Crippen LogP contribution in [0.15, 0.2) is 9.82 Å². The Kier molecular flexibility index (Phi) is 3.50. The van der Waals surface area contributed by atoms with Crippen molar-refractivity contribution in [1.82, 2.24) is 9.97 Å². The first-order valence-electron chi connectivity index (χ1n) is 4.11. The molecular formula is C8H13N3OS. The first kappa shape index (κ1) is 10.3. The average molecular weight is 199 g/mol. The maximum atomic E-state index is 11.0. The standard InChI is InChI=1S/C8H13N3OS/c1-3-13-7-6(4-9)5(2)10-8(12)11-7/h3-4,9H2,1-2H3,(H,10,11,12). The van der Waals surface area contributed by atoms with Crippen LogP contribution in [0.3, 0.4) is 0 Å². The van der Waals surface area contributed by atoms with E-state index in [9.17, 15) is 4.79 Å². The molecule has 1 aromatic heterocycles. The van der Waals surface area contributed by atoms with E-state index in [2.05, 4.69) is 9.97 Å². The van der Waals surface area contributed by atoms with Gasteiger partial charge in [0.2, 0.25) is 0 Å². The maximum Gasteiger partial charge on any atom is 0.346 e. The van der Waals surface area contributed by atoms with Gasteiger partial charge in [-0.15, -0.1) is 11.8 Å². The molecule has 0 saturated heterocycles. The summed E-state index contributed by atoms with van der Waals surface area (Å²) < 4.78 is 0. The second kappa shape index (κ2) is 4.43. The van der Waals surface area contributed by atoms with Crippen LogP contribution >= 0.6 is 11.8 Å². The molecule has 0 aliphatic carbocycles.